The van der Waals surface area contributed by atoms with Gasteiger partial charge in [-0.3, -0.25) is 4.79 Å². The second-order valence-electron chi connectivity index (χ2n) is 8.61. The Morgan fingerprint density at radius 3 is 2.21 bits per heavy atom. The lowest BCUT2D eigenvalue weighted by molar-refractivity contribution is -0.134. The van der Waals surface area contributed by atoms with Crippen molar-refractivity contribution in [2.75, 3.05) is 25.2 Å². The van der Waals surface area contributed by atoms with Gasteiger partial charge < -0.3 is 14.4 Å². The summed E-state index contributed by atoms with van der Waals surface area (Å²) in [6.07, 6.45) is 1.91. The van der Waals surface area contributed by atoms with E-state index in [2.05, 4.69) is 56.4 Å². The standard InChI is InChI=1S/C24H35NO3Si/c1-9-10-23(26)28-24-17(2)15-22(18(3)19(24)4)27-16-29(7,8)21-13-11-20(12-14-21)25(5)6/h11-15H,9-10,16H2,1-8H3. The number of ether oxygens (including phenoxy) is 2. The van der Waals surface area contributed by atoms with E-state index in [9.17, 15) is 4.79 Å². The van der Waals surface area contributed by atoms with Gasteiger partial charge in [-0.25, -0.2) is 0 Å². The Morgan fingerprint density at radius 1 is 1.03 bits per heavy atom. The minimum absolute atomic E-state index is 0.179. The number of carbonyl (C=O) groups excluding carboxylic acids is 1. The van der Waals surface area contributed by atoms with Crippen LogP contribution in [-0.2, 0) is 4.79 Å². The molecule has 0 aliphatic heterocycles. The number of hydrogen-bond donors (Lipinski definition) is 0. The second kappa shape index (κ2) is 9.48. The molecule has 0 N–H and O–H groups in total. The molecule has 0 heterocycles. The number of aryl methyl sites for hydroxylation is 1. The van der Waals surface area contributed by atoms with E-state index in [-0.39, 0.29) is 5.97 Å². The molecule has 0 unspecified atom stereocenters. The molecular formula is C24H35NO3Si. The van der Waals surface area contributed by atoms with E-state index in [4.69, 9.17) is 9.47 Å². The van der Waals surface area contributed by atoms with E-state index in [0.29, 0.717) is 18.4 Å². The maximum Gasteiger partial charge on any atom is 0.311 e. The molecular weight excluding hydrogens is 378 g/mol. The van der Waals surface area contributed by atoms with Gasteiger partial charge in [-0.2, -0.15) is 0 Å². The third-order valence-electron chi connectivity index (χ3n) is 5.40. The van der Waals surface area contributed by atoms with Crippen LogP contribution in [0.5, 0.6) is 11.5 Å². The summed E-state index contributed by atoms with van der Waals surface area (Å²) in [6.45, 7) is 12.6. The zero-order chi connectivity index (χ0) is 21.8. The zero-order valence-corrected chi connectivity index (χ0v) is 20.2. The van der Waals surface area contributed by atoms with Gasteiger partial charge in [0, 0.05) is 26.2 Å². The molecule has 0 radical (unpaired) electrons. The van der Waals surface area contributed by atoms with Crippen molar-refractivity contribution in [3.05, 3.63) is 47.0 Å². The highest BCUT2D eigenvalue weighted by molar-refractivity contribution is 6.89. The highest BCUT2D eigenvalue weighted by Crippen LogP contribution is 2.33. The second-order valence-corrected chi connectivity index (χ2v) is 13.2. The molecule has 0 saturated heterocycles. The van der Waals surface area contributed by atoms with E-state index in [1.807, 2.05) is 33.8 Å². The molecule has 0 spiro atoms. The predicted octanol–water partition coefficient (Wildman–Crippen LogP) is 4.92. The minimum atomic E-state index is -1.75. The summed E-state index contributed by atoms with van der Waals surface area (Å²) in [4.78, 5) is 14.1. The summed E-state index contributed by atoms with van der Waals surface area (Å²) in [7, 11) is 2.35. The van der Waals surface area contributed by atoms with Crippen molar-refractivity contribution < 1.29 is 14.3 Å². The van der Waals surface area contributed by atoms with Gasteiger partial charge in [-0.15, -0.1) is 0 Å². The molecule has 0 amide bonds. The molecule has 5 heteroatoms. The molecule has 2 rings (SSSR count). The van der Waals surface area contributed by atoms with Crippen molar-refractivity contribution in [1.82, 2.24) is 0 Å². The fourth-order valence-corrected chi connectivity index (χ4v) is 5.00. The van der Waals surface area contributed by atoms with Gasteiger partial charge in [0.25, 0.3) is 0 Å². The largest absolute Gasteiger partial charge is 0.496 e. The fraction of sp³-hybridized carbons (Fsp3) is 0.458. The van der Waals surface area contributed by atoms with Crippen LogP contribution >= 0.6 is 0 Å². The Labute approximate surface area is 176 Å². The summed E-state index contributed by atoms with van der Waals surface area (Å²) >= 11 is 0. The number of carbonyl (C=O) groups is 1. The lowest BCUT2D eigenvalue weighted by Gasteiger charge is -2.25. The maximum atomic E-state index is 11.9. The number of nitrogens with zero attached hydrogens (tertiary/aromatic N) is 1. The number of anilines is 1. The van der Waals surface area contributed by atoms with E-state index < -0.39 is 8.07 Å². The number of benzene rings is 2. The van der Waals surface area contributed by atoms with Crippen LogP contribution in [0.2, 0.25) is 13.1 Å². The van der Waals surface area contributed by atoms with Gasteiger partial charge in [0.15, 0.2) is 0 Å². The highest BCUT2D eigenvalue weighted by atomic mass is 28.3. The van der Waals surface area contributed by atoms with Crippen LogP contribution < -0.4 is 19.6 Å². The minimum Gasteiger partial charge on any atom is -0.496 e. The smallest absolute Gasteiger partial charge is 0.311 e. The maximum absolute atomic E-state index is 11.9. The number of hydrogen-bond acceptors (Lipinski definition) is 4. The molecule has 0 saturated carbocycles. The SMILES string of the molecule is CCCC(=O)Oc1c(C)cc(OC[Si](C)(C)c2ccc(N(C)C)cc2)c(C)c1C. The van der Waals surface area contributed by atoms with Crippen LogP contribution in [0.4, 0.5) is 5.69 Å². The van der Waals surface area contributed by atoms with Gasteiger partial charge in [0.2, 0.25) is 0 Å². The molecule has 29 heavy (non-hydrogen) atoms. The Hall–Kier alpha value is -2.27. The van der Waals surface area contributed by atoms with Crippen LogP contribution in [0.1, 0.15) is 36.5 Å². The molecule has 0 aromatic heterocycles. The topological polar surface area (TPSA) is 38.8 Å². The number of esters is 1. The molecule has 2 aromatic rings. The average Bonchev–Trinajstić information content (AvgIpc) is 2.67. The van der Waals surface area contributed by atoms with Gasteiger partial charge in [0.1, 0.15) is 19.6 Å². The molecule has 0 bridgehead atoms. The Balaban J connectivity index is 2.18. The average molecular weight is 414 g/mol. The van der Waals surface area contributed by atoms with Crippen molar-refractivity contribution >= 4 is 24.9 Å². The monoisotopic (exact) mass is 413 g/mol. The molecule has 158 valence electrons. The fourth-order valence-electron chi connectivity index (χ4n) is 3.25. The Kier molecular flexibility index (Phi) is 7.52. The van der Waals surface area contributed by atoms with Crippen molar-refractivity contribution in [1.29, 1.82) is 0 Å². The van der Waals surface area contributed by atoms with Crippen LogP contribution in [0.15, 0.2) is 30.3 Å². The summed E-state index contributed by atoms with van der Waals surface area (Å²) in [6, 6.07) is 10.8. The molecule has 0 aliphatic rings. The third-order valence-corrected chi connectivity index (χ3v) is 8.16. The molecule has 0 atom stereocenters. The first-order valence-corrected chi connectivity index (χ1v) is 13.5. The van der Waals surface area contributed by atoms with Crippen LogP contribution in [0, 0.1) is 20.8 Å². The van der Waals surface area contributed by atoms with Crippen molar-refractivity contribution in [2.45, 2.75) is 53.6 Å². The van der Waals surface area contributed by atoms with Crippen LogP contribution in [-0.4, -0.2) is 34.4 Å². The van der Waals surface area contributed by atoms with E-state index in [1.165, 1.54) is 10.9 Å². The summed E-state index contributed by atoms with van der Waals surface area (Å²) in [5, 5.41) is 1.37. The Bertz CT molecular complexity index is 857. The van der Waals surface area contributed by atoms with Gasteiger partial charge in [-0.1, -0.05) is 37.3 Å². The Morgan fingerprint density at radius 2 is 1.66 bits per heavy atom. The number of rotatable bonds is 8. The molecule has 0 fully saturated rings. The van der Waals surface area contributed by atoms with E-state index in [0.717, 1.165) is 28.9 Å². The normalized spacial score (nSPS) is 11.3. The molecule has 4 nitrogen and oxygen atoms in total. The van der Waals surface area contributed by atoms with Crippen LogP contribution in [0.3, 0.4) is 0 Å². The van der Waals surface area contributed by atoms with Crippen molar-refractivity contribution in [3.63, 3.8) is 0 Å². The zero-order valence-electron chi connectivity index (χ0n) is 19.2. The molecule has 0 aliphatic carbocycles. The first-order chi connectivity index (χ1) is 13.6. The third kappa shape index (κ3) is 5.63. The van der Waals surface area contributed by atoms with Gasteiger partial charge in [0.05, 0.1) is 6.23 Å². The first kappa shape index (κ1) is 23.0. The highest BCUT2D eigenvalue weighted by Gasteiger charge is 2.26. The quantitative estimate of drug-likeness (QED) is 0.350. The lowest BCUT2D eigenvalue weighted by atomic mass is 10.0. The van der Waals surface area contributed by atoms with Crippen molar-refractivity contribution in [3.8, 4) is 11.5 Å². The summed E-state index contributed by atoms with van der Waals surface area (Å²) in [5.74, 6) is 1.37. The first-order valence-electron chi connectivity index (χ1n) is 10.3. The van der Waals surface area contributed by atoms with E-state index in [1.54, 1.807) is 0 Å². The molecule has 2 aromatic carbocycles. The van der Waals surface area contributed by atoms with Crippen LogP contribution in [0.25, 0.3) is 0 Å². The summed E-state index contributed by atoms with van der Waals surface area (Å²) < 4.78 is 11.9. The summed E-state index contributed by atoms with van der Waals surface area (Å²) in [5.41, 5.74) is 4.14. The van der Waals surface area contributed by atoms with Gasteiger partial charge in [-0.05, 0) is 62.1 Å². The van der Waals surface area contributed by atoms with E-state index >= 15 is 0 Å². The van der Waals surface area contributed by atoms with Crippen molar-refractivity contribution in [2.24, 2.45) is 0 Å². The van der Waals surface area contributed by atoms with Gasteiger partial charge >= 0.3 is 5.97 Å². The lowest BCUT2D eigenvalue weighted by Crippen LogP contribution is -2.47. The predicted molar refractivity (Wildman–Crippen MR) is 125 cm³/mol.